The van der Waals surface area contributed by atoms with Gasteiger partial charge in [-0.3, -0.25) is 4.79 Å². The quantitative estimate of drug-likeness (QED) is 0.569. The zero-order chi connectivity index (χ0) is 25.7. The molecule has 2 atom stereocenters. The fourth-order valence-electron chi connectivity index (χ4n) is 5.04. The molecular weight excluding hydrogens is 480 g/mol. The van der Waals surface area contributed by atoms with Gasteiger partial charge in [-0.2, -0.15) is 12.7 Å². The summed E-state index contributed by atoms with van der Waals surface area (Å²) in [4.78, 5) is 12.4. The van der Waals surface area contributed by atoms with Crippen LogP contribution in [0.2, 0.25) is 0 Å². The molecule has 8 nitrogen and oxygen atoms in total. The summed E-state index contributed by atoms with van der Waals surface area (Å²) in [6.07, 6.45) is 2.24. The first-order valence-corrected chi connectivity index (χ1v) is 14.0. The average Bonchev–Trinajstić information content (AvgIpc) is 2.87. The molecular formula is C27H36N2O6S. The third-order valence-electron chi connectivity index (χ3n) is 7.03. The number of hydrogen-bond acceptors (Lipinski definition) is 7. The maximum Gasteiger partial charge on any atom is 0.387 e. The zero-order valence-electron chi connectivity index (χ0n) is 21.0. The minimum atomic E-state index is -4.09. The van der Waals surface area contributed by atoms with E-state index in [2.05, 4.69) is 31.2 Å². The summed E-state index contributed by atoms with van der Waals surface area (Å²) in [6, 6.07) is 14.4. The molecule has 2 aromatic rings. The number of piperidine rings is 1. The fraction of sp³-hybridized carbons (Fsp3) is 0.519. The molecule has 0 aliphatic carbocycles. The summed E-state index contributed by atoms with van der Waals surface area (Å²) in [5.74, 6) is -0.0658. The highest BCUT2D eigenvalue weighted by Gasteiger charge is 2.35. The largest absolute Gasteiger partial charge is 0.492 e. The molecule has 2 N–H and O–H groups in total. The van der Waals surface area contributed by atoms with Gasteiger partial charge in [0.25, 0.3) is 0 Å². The number of nitrogens with two attached hydrogens (primary N) is 1. The lowest BCUT2D eigenvalue weighted by molar-refractivity contribution is -0.143. The summed E-state index contributed by atoms with van der Waals surface area (Å²) in [5, 5.41) is 0. The minimum Gasteiger partial charge on any atom is -0.492 e. The van der Waals surface area contributed by atoms with Crippen molar-refractivity contribution in [2.24, 2.45) is 11.7 Å². The highest BCUT2D eigenvalue weighted by Crippen LogP contribution is 2.34. The molecule has 2 aromatic carbocycles. The van der Waals surface area contributed by atoms with E-state index in [1.54, 1.807) is 0 Å². The monoisotopic (exact) mass is 516 g/mol. The Morgan fingerprint density at radius 1 is 1.14 bits per heavy atom. The van der Waals surface area contributed by atoms with Crippen LogP contribution >= 0.6 is 0 Å². The second kappa shape index (κ2) is 11.7. The smallest absolute Gasteiger partial charge is 0.387 e. The van der Waals surface area contributed by atoms with Crippen LogP contribution in [0.4, 0.5) is 0 Å². The van der Waals surface area contributed by atoms with Crippen LogP contribution in [0.25, 0.3) is 11.1 Å². The van der Waals surface area contributed by atoms with E-state index in [0.717, 1.165) is 22.4 Å². The van der Waals surface area contributed by atoms with Crippen molar-refractivity contribution in [3.8, 4) is 16.9 Å². The fourth-order valence-corrected chi connectivity index (χ4v) is 6.15. The molecule has 196 valence electrons. The molecule has 36 heavy (non-hydrogen) atoms. The van der Waals surface area contributed by atoms with Crippen molar-refractivity contribution in [2.45, 2.75) is 51.6 Å². The molecule has 2 aliphatic heterocycles. The summed E-state index contributed by atoms with van der Waals surface area (Å²) in [6.45, 7) is 6.00. The standard InChI is InChI=1S/C27H36N2O6S/c1-19-16-22(6-7-26(19)23-4-3-5-25(18-23)34-15-11-28)21-8-12-29(13-9-21)36(31,32)35-27(30)24-10-14-33-20(2)17-24/h3-7,16,18,20-21,24H,8-15,17,28H2,1-2H3. The molecule has 2 aliphatic rings. The Labute approximate surface area is 214 Å². The molecule has 4 rings (SSSR count). The molecule has 2 saturated heterocycles. The van der Waals surface area contributed by atoms with Gasteiger partial charge in [0.1, 0.15) is 12.4 Å². The second-order valence-corrected chi connectivity index (χ2v) is 11.2. The first-order chi connectivity index (χ1) is 17.3. The van der Waals surface area contributed by atoms with Crippen LogP contribution < -0.4 is 10.5 Å². The van der Waals surface area contributed by atoms with Gasteiger partial charge in [-0.1, -0.05) is 30.3 Å². The highest BCUT2D eigenvalue weighted by molar-refractivity contribution is 7.84. The molecule has 0 bridgehead atoms. The van der Waals surface area contributed by atoms with Crippen LogP contribution in [-0.2, 0) is 24.0 Å². The number of carbonyl (C=O) groups is 1. The van der Waals surface area contributed by atoms with Crippen molar-refractivity contribution in [3.05, 3.63) is 53.6 Å². The van der Waals surface area contributed by atoms with Gasteiger partial charge >= 0.3 is 16.3 Å². The summed E-state index contributed by atoms with van der Waals surface area (Å²) < 4.78 is 42.9. The van der Waals surface area contributed by atoms with E-state index in [1.165, 1.54) is 9.87 Å². The van der Waals surface area contributed by atoms with Crippen molar-refractivity contribution in [1.29, 1.82) is 0 Å². The Balaban J connectivity index is 1.36. The summed E-state index contributed by atoms with van der Waals surface area (Å²) in [7, 11) is -4.09. The number of nitrogens with zero attached hydrogens (tertiary/aromatic N) is 1. The van der Waals surface area contributed by atoms with Crippen molar-refractivity contribution in [2.75, 3.05) is 32.8 Å². The number of hydrogen-bond donors (Lipinski definition) is 1. The Morgan fingerprint density at radius 3 is 2.61 bits per heavy atom. The van der Waals surface area contributed by atoms with Crippen LogP contribution in [0.3, 0.4) is 0 Å². The average molecular weight is 517 g/mol. The molecule has 0 saturated carbocycles. The maximum absolute atomic E-state index is 12.7. The first kappa shape index (κ1) is 26.6. The van der Waals surface area contributed by atoms with Crippen LogP contribution in [0.1, 0.15) is 49.7 Å². The Kier molecular flexibility index (Phi) is 8.66. The number of ether oxygens (including phenoxy) is 2. The Morgan fingerprint density at radius 2 is 1.92 bits per heavy atom. The van der Waals surface area contributed by atoms with Gasteiger partial charge in [0, 0.05) is 26.2 Å². The van der Waals surface area contributed by atoms with Gasteiger partial charge in [0.05, 0.1) is 12.0 Å². The molecule has 0 spiro atoms. The maximum atomic E-state index is 12.7. The first-order valence-electron chi connectivity index (χ1n) is 12.7. The molecule has 0 radical (unpaired) electrons. The number of aryl methyl sites for hydroxylation is 1. The van der Waals surface area contributed by atoms with E-state index in [1.807, 2.05) is 25.1 Å². The van der Waals surface area contributed by atoms with Gasteiger partial charge < -0.3 is 19.4 Å². The third-order valence-corrected chi connectivity index (χ3v) is 8.40. The van der Waals surface area contributed by atoms with Crippen molar-refractivity contribution in [1.82, 2.24) is 4.31 Å². The SMILES string of the molecule is Cc1cc(C2CCN(S(=O)(=O)OC(=O)C3CCOC(C)C3)CC2)ccc1-c1cccc(OCCN)c1. The van der Waals surface area contributed by atoms with Crippen LogP contribution in [-0.4, -0.2) is 57.6 Å². The van der Waals surface area contributed by atoms with Crippen molar-refractivity contribution >= 4 is 16.3 Å². The van der Waals surface area contributed by atoms with E-state index in [0.29, 0.717) is 58.5 Å². The van der Waals surface area contributed by atoms with Crippen molar-refractivity contribution < 1.29 is 26.9 Å². The van der Waals surface area contributed by atoms with Gasteiger partial charge in [-0.15, -0.1) is 0 Å². The predicted octanol–water partition coefficient (Wildman–Crippen LogP) is 3.78. The van der Waals surface area contributed by atoms with E-state index >= 15 is 0 Å². The van der Waals surface area contributed by atoms with E-state index in [4.69, 9.17) is 19.4 Å². The van der Waals surface area contributed by atoms with Gasteiger partial charge in [-0.05, 0) is 79.8 Å². The molecule has 2 fully saturated rings. The molecule has 2 heterocycles. The number of rotatable bonds is 8. The zero-order valence-corrected chi connectivity index (χ0v) is 21.8. The lowest BCUT2D eigenvalue weighted by Gasteiger charge is -2.31. The molecule has 2 unspecified atom stereocenters. The molecule has 0 amide bonds. The van der Waals surface area contributed by atoms with Crippen LogP contribution in [0.5, 0.6) is 5.75 Å². The normalized spacial score (nSPS) is 21.8. The lowest BCUT2D eigenvalue weighted by Crippen LogP contribution is -2.41. The van der Waals surface area contributed by atoms with Gasteiger partial charge in [0.2, 0.25) is 0 Å². The summed E-state index contributed by atoms with van der Waals surface area (Å²) >= 11 is 0. The third kappa shape index (κ3) is 6.45. The Bertz CT molecular complexity index is 1160. The number of carbonyl (C=O) groups excluding carboxylic acids is 1. The van der Waals surface area contributed by atoms with Gasteiger partial charge in [-0.25, -0.2) is 0 Å². The minimum absolute atomic E-state index is 0.0713. The predicted molar refractivity (Wildman–Crippen MR) is 138 cm³/mol. The van der Waals surface area contributed by atoms with Crippen LogP contribution in [0, 0.1) is 12.8 Å². The molecule has 0 aromatic heterocycles. The van der Waals surface area contributed by atoms with E-state index in [-0.39, 0.29) is 12.0 Å². The van der Waals surface area contributed by atoms with Crippen molar-refractivity contribution in [3.63, 3.8) is 0 Å². The van der Waals surface area contributed by atoms with E-state index in [9.17, 15) is 13.2 Å². The molecule has 9 heteroatoms. The Hall–Kier alpha value is -2.46. The second-order valence-electron chi connectivity index (χ2n) is 9.68. The van der Waals surface area contributed by atoms with Gasteiger partial charge in [0.15, 0.2) is 0 Å². The topological polar surface area (TPSA) is 108 Å². The lowest BCUT2D eigenvalue weighted by atomic mass is 9.87. The van der Waals surface area contributed by atoms with E-state index < -0.39 is 22.2 Å². The number of benzene rings is 2. The van der Waals surface area contributed by atoms with Crippen LogP contribution in [0.15, 0.2) is 42.5 Å². The summed E-state index contributed by atoms with van der Waals surface area (Å²) in [5.41, 5.74) is 10.1. The highest BCUT2D eigenvalue weighted by atomic mass is 32.2.